The molecule has 1 unspecified atom stereocenters. The Morgan fingerprint density at radius 3 is 2.61 bits per heavy atom. The van der Waals surface area contributed by atoms with Crippen molar-refractivity contribution in [3.05, 3.63) is 23.2 Å². The second kappa shape index (κ2) is 6.30. The minimum atomic E-state index is -0.611. The fourth-order valence-electron chi connectivity index (χ4n) is 1.25. The van der Waals surface area contributed by atoms with E-state index in [9.17, 15) is 9.59 Å². The third-order valence-corrected chi connectivity index (χ3v) is 2.62. The van der Waals surface area contributed by atoms with Crippen molar-refractivity contribution >= 4 is 23.4 Å². The highest BCUT2D eigenvalue weighted by atomic mass is 35.5. The molecular weight excluding hydrogens is 256 g/mol. The van der Waals surface area contributed by atoms with E-state index in [1.54, 1.807) is 14.0 Å². The van der Waals surface area contributed by atoms with Crippen molar-refractivity contribution in [2.45, 2.75) is 19.9 Å². The predicted molar refractivity (Wildman–Crippen MR) is 67.3 cm³/mol. The second-order valence-corrected chi connectivity index (χ2v) is 4.16. The normalized spacial score (nSPS) is 11.8. The summed E-state index contributed by atoms with van der Waals surface area (Å²) < 4.78 is 0. The molecule has 1 heterocycles. The minimum absolute atomic E-state index is 0.123. The molecule has 1 atom stereocenters. The molecule has 1 aromatic heterocycles. The molecular formula is C11H15ClN4O2. The molecule has 0 aromatic carbocycles. The number of amides is 2. The van der Waals surface area contributed by atoms with Gasteiger partial charge in [0.15, 0.2) is 0 Å². The largest absolute Gasteiger partial charge is 0.344 e. The number of nitrogens with zero attached hydrogens (tertiary/aromatic N) is 3. The Balaban J connectivity index is 2.65. The highest BCUT2D eigenvalue weighted by molar-refractivity contribution is 6.29. The van der Waals surface area contributed by atoms with Crippen LogP contribution in [-0.4, -0.2) is 46.3 Å². The van der Waals surface area contributed by atoms with Crippen molar-refractivity contribution < 1.29 is 9.59 Å². The fourth-order valence-corrected chi connectivity index (χ4v) is 1.35. The van der Waals surface area contributed by atoms with Crippen LogP contribution in [0.25, 0.3) is 0 Å². The van der Waals surface area contributed by atoms with Crippen molar-refractivity contribution in [1.29, 1.82) is 0 Å². The zero-order chi connectivity index (χ0) is 13.7. The summed E-state index contributed by atoms with van der Waals surface area (Å²) in [5.74, 6) is -0.614. The van der Waals surface area contributed by atoms with Crippen LogP contribution < -0.4 is 5.32 Å². The van der Waals surface area contributed by atoms with E-state index >= 15 is 0 Å². The SMILES string of the molecule is CCN(C)C(=O)C(C)NC(=O)c1cnc(Cl)cn1. The maximum Gasteiger partial charge on any atom is 0.272 e. The van der Waals surface area contributed by atoms with E-state index < -0.39 is 11.9 Å². The Morgan fingerprint density at radius 2 is 2.11 bits per heavy atom. The molecule has 0 radical (unpaired) electrons. The standard InChI is InChI=1S/C11H15ClN4O2/c1-4-16(3)11(18)7(2)15-10(17)8-5-14-9(12)6-13-8/h5-7H,4H2,1-3H3,(H,15,17). The Hall–Kier alpha value is -1.69. The number of hydrogen-bond acceptors (Lipinski definition) is 4. The Bertz CT molecular complexity index is 435. The number of nitrogens with one attached hydrogen (secondary N) is 1. The van der Waals surface area contributed by atoms with E-state index in [-0.39, 0.29) is 16.8 Å². The van der Waals surface area contributed by atoms with Gasteiger partial charge in [0.25, 0.3) is 5.91 Å². The number of halogens is 1. The molecule has 0 saturated carbocycles. The zero-order valence-corrected chi connectivity index (χ0v) is 11.2. The minimum Gasteiger partial charge on any atom is -0.344 e. The first-order valence-electron chi connectivity index (χ1n) is 5.49. The van der Waals surface area contributed by atoms with E-state index in [1.807, 2.05) is 6.92 Å². The molecule has 0 bridgehead atoms. The first-order chi connectivity index (χ1) is 8.45. The number of carbonyl (C=O) groups excluding carboxylic acids is 2. The van der Waals surface area contributed by atoms with Gasteiger partial charge in [-0.15, -0.1) is 0 Å². The first-order valence-corrected chi connectivity index (χ1v) is 5.87. The number of rotatable bonds is 4. The third-order valence-electron chi connectivity index (χ3n) is 2.42. The van der Waals surface area contributed by atoms with Crippen LogP contribution >= 0.6 is 11.6 Å². The molecule has 0 saturated heterocycles. The lowest BCUT2D eigenvalue weighted by Gasteiger charge is -2.20. The van der Waals surface area contributed by atoms with Crippen LogP contribution in [0.3, 0.4) is 0 Å². The van der Waals surface area contributed by atoms with Gasteiger partial charge in [0.1, 0.15) is 16.9 Å². The van der Waals surface area contributed by atoms with Crippen molar-refractivity contribution in [3.8, 4) is 0 Å². The van der Waals surface area contributed by atoms with Crippen LogP contribution in [0.2, 0.25) is 5.15 Å². The van der Waals surface area contributed by atoms with Gasteiger partial charge < -0.3 is 10.2 Å². The molecule has 1 aromatic rings. The van der Waals surface area contributed by atoms with Crippen LogP contribution in [-0.2, 0) is 4.79 Å². The molecule has 0 spiro atoms. The van der Waals surface area contributed by atoms with Gasteiger partial charge in [0.05, 0.1) is 12.4 Å². The summed E-state index contributed by atoms with van der Waals surface area (Å²) in [6, 6.07) is -0.611. The smallest absolute Gasteiger partial charge is 0.272 e. The summed E-state index contributed by atoms with van der Waals surface area (Å²) in [4.78, 5) is 32.6. The summed E-state index contributed by atoms with van der Waals surface area (Å²) in [6.45, 7) is 4.06. The second-order valence-electron chi connectivity index (χ2n) is 3.77. The van der Waals surface area contributed by atoms with Crippen molar-refractivity contribution in [2.24, 2.45) is 0 Å². The Labute approximate surface area is 110 Å². The molecule has 0 aliphatic carbocycles. The van der Waals surface area contributed by atoms with Crippen LogP contribution in [0.1, 0.15) is 24.3 Å². The summed E-state index contributed by atoms with van der Waals surface area (Å²) in [7, 11) is 1.67. The van der Waals surface area contributed by atoms with Gasteiger partial charge in [0.2, 0.25) is 5.91 Å². The highest BCUT2D eigenvalue weighted by Gasteiger charge is 2.19. The van der Waals surface area contributed by atoms with Crippen LogP contribution in [0.15, 0.2) is 12.4 Å². The first kappa shape index (κ1) is 14.4. The molecule has 98 valence electrons. The highest BCUT2D eigenvalue weighted by Crippen LogP contribution is 2.02. The lowest BCUT2D eigenvalue weighted by Crippen LogP contribution is -2.45. The molecule has 0 aliphatic heterocycles. The zero-order valence-electron chi connectivity index (χ0n) is 10.5. The summed E-state index contributed by atoms with van der Waals surface area (Å²) in [6.07, 6.45) is 2.54. The number of hydrogen-bond donors (Lipinski definition) is 1. The van der Waals surface area contributed by atoms with Crippen molar-refractivity contribution in [1.82, 2.24) is 20.2 Å². The lowest BCUT2D eigenvalue weighted by molar-refractivity contribution is -0.131. The Kier molecular flexibility index (Phi) is 5.03. The molecule has 7 heteroatoms. The quantitative estimate of drug-likeness (QED) is 0.875. The van der Waals surface area contributed by atoms with E-state index in [1.165, 1.54) is 17.3 Å². The van der Waals surface area contributed by atoms with Crippen molar-refractivity contribution in [3.63, 3.8) is 0 Å². The predicted octanol–water partition coefficient (Wildman–Crippen LogP) is 0.727. The molecule has 0 fully saturated rings. The van der Waals surface area contributed by atoms with E-state index in [0.717, 1.165) is 0 Å². The maximum absolute atomic E-state index is 11.8. The van der Waals surface area contributed by atoms with Gasteiger partial charge in [-0.1, -0.05) is 11.6 Å². The summed E-state index contributed by atoms with van der Waals surface area (Å²) in [5, 5.41) is 2.76. The number of aromatic nitrogens is 2. The van der Waals surface area contributed by atoms with Gasteiger partial charge in [-0.3, -0.25) is 9.59 Å². The van der Waals surface area contributed by atoms with Gasteiger partial charge in [0, 0.05) is 13.6 Å². The van der Waals surface area contributed by atoms with Crippen molar-refractivity contribution in [2.75, 3.05) is 13.6 Å². The van der Waals surface area contributed by atoms with E-state index in [0.29, 0.717) is 6.54 Å². The van der Waals surface area contributed by atoms with E-state index in [4.69, 9.17) is 11.6 Å². The molecule has 18 heavy (non-hydrogen) atoms. The average molecular weight is 271 g/mol. The average Bonchev–Trinajstić information content (AvgIpc) is 2.37. The summed E-state index contributed by atoms with van der Waals surface area (Å²) >= 11 is 5.57. The van der Waals surface area contributed by atoms with Gasteiger partial charge in [-0.2, -0.15) is 0 Å². The molecule has 6 nitrogen and oxygen atoms in total. The van der Waals surface area contributed by atoms with Gasteiger partial charge in [-0.05, 0) is 13.8 Å². The molecule has 1 N–H and O–H groups in total. The molecule has 1 rings (SSSR count). The molecule has 2 amide bonds. The van der Waals surface area contributed by atoms with Crippen LogP contribution in [0.4, 0.5) is 0 Å². The topological polar surface area (TPSA) is 75.2 Å². The van der Waals surface area contributed by atoms with Gasteiger partial charge >= 0.3 is 0 Å². The molecule has 0 aliphatic rings. The monoisotopic (exact) mass is 270 g/mol. The third kappa shape index (κ3) is 3.66. The lowest BCUT2D eigenvalue weighted by atomic mass is 10.2. The van der Waals surface area contributed by atoms with E-state index in [2.05, 4.69) is 15.3 Å². The number of carbonyl (C=O) groups is 2. The van der Waals surface area contributed by atoms with Gasteiger partial charge in [-0.25, -0.2) is 9.97 Å². The van der Waals surface area contributed by atoms with Crippen LogP contribution in [0.5, 0.6) is 0 Å². The fraction of sp³-hybridized carbons (Fsp3) is 0.455. The maximum atomic E-state index is 11.8. The number of likely N-dealkylation sites (N-methyl/N-ethyl adjacent to an activating group) is 1. The van der Waals surface area contributed by atoms with Crippen LogP contribution in [0, 0.1) is 0 Å². The summed E-state index contributed by atoms with van der Waals surface area (Å²) in [5.41, 5.74) is 0.123. The Morgan fingerprint density at radius 1 is 1.44 bits per heavy atom.